The van der Waals surface area contributed by atoms with Gasteiger partial charge in [-0.05, 0) is 12.5 Å². The van der Waals surface area contributed by atoms with E-state index in [1.165, 1.54) is 7.11 Å². The van der Waals surface area contributed by atoms with Crippen LogP contribution in [0.1, 0.15) is 34.6 Å². The molecule has 0 radical (unpaired) electrons. The summed E-state index contributed by atoms with van der Waals surface area (Å²) in [5, 5.41) is 3.01. The van der Waals surface area contributed by atoms with Crippen molar-refractivity contribution in [1.82, 2.24) is 5.32 Å². The summed E-state index contributed by atoms with van der Waals surface area (Å²) in [6, 6.07) is -0.238. The fourth-order valence-corrected chi connectivity index (χ4v) is 1.23. The summed E-state index contributed by atoms with van der Waals surface area (Å²) in [6.45, 7) is 13.4. The number of hydrogen-bond donors (Lipinski definition) is 1. The number of Topliss-reactive ketones (excluding diaryl/α,β-unsaturated/α-hetero) is 1. The van der Waals surface area contributed by atoms with Crippen LogP contribution in [0.2, 0.25) is 0 Å². The summed E-state index contributed by atoms with van der Waals surface area (Å²) in [6.07, 6.45) is 0. The van der Waals surface area contributed by atoms with Crippen LogP contribution in [-0.2, 0) is 9.53 Å². The molecule has 0 aliphatic rings. The molecule has 0 saturated carbocycles. The first-order valence-corrected chi connectivity index (χ1v) is 5.24. The zero-order chi connectivity index (χ0) is 12.2. The molecule has 15 heavy (non-hydrogen) atoms. The molecule has 0 aromatic rings. The van der Waals surface area contributed by atoms with Gasteiger partial charge in [0.25, 0.3) is 0 Å². The van der Waals surface area contributed by atoms with Crippen LogP contribution < -0.4 is 5.32 Å². The third kappa shape index (κ3) is 4.36. The monoisotopic (exact) mass is 213 g/mol. The Kier molecular flexibility index (Phi) is 4.85. The Morgan fingerprint density at radius 1 is 1.33 bits per heavy atom. The van der Waals surface area contributed by atoms with Gasteiger partial charge < -0.3 is 10.1 Å². The molecule has 0 spiro atoms. The topological polar surface area (TPSA) is 38.3 Å². The maximum Gasteiger partial charge on any atom is 0.179 e. The lowest BCUT2D eigenvalue weighted by Gasteiger charge is -2.28. The maximum absolute atomic E-state index is 12.1. The van der Waals surface area contributed by atoms with Gasteiger partial charge in [-0.15, -0.1) is 0 Å². The van der Waals surface area contributed by atoms with Gasteiger partial charge in [-0.25, -0.2) is 0 Å². The number of hydrogen-bond acceptors (Lipinski definition) is 3. The van der Waals surface area contributed by atoms with Crippen molar-refractivity contribution in [3.05, 3.63) is 12.5 Å². The maximum atomic E-state index is 12.1. The largest absolute Gasteiger partial charge is 0.483 e. The number of methoxy groups -OCH3 is 1. The van der Waals surface area contributed by atoms with Gasteiger partial charge in [0.05, 0.1) is 13.2 Å². The van der Waals surface area contributed by atoms with Gasteiger partial charge >= 0.3 is 0 Å². The molecule has 0 unspecified atom stereocenters. The summed E-state index contributed by atoms with van der Waals surface area (Å²) < 4.78 is 4.94. The molecule has 0 aliphatic heterocycles. The van der Waals surface area contributed by atoms with Crippen molar-refractivity contribution >= 4 is 5.78 Å². The number of ether oxygens (including phenoxy) is 1. The number of carbonyl (C=O) groups is 1. The van der Waals surface area contributed by atoms with Crippen molar-refractivity contribution in [3.8, 4) is 0 Å². The van der Waals surface area contributed by atoms with Crippen molar-refractivity contribution in [2.24, 2.45) is 11.3 Å². The molecule has 88 valence electrons. The zero-order valence-electron chi connectivity index (χ0n) is 10.7. The number of ketones is 1. The third-order valence-electron chi connectivity index (χ3n) is 2.25. The van der Waals surface area contributed by atoms with Crippen LogP contribution in [0.15, 0.2) is 12.5 Å². The van der Waals surface area contributed by atoms with E-state index in [-0.39, 0.29) is 23.2 Å². The Hall–Kier alpha value is -0.990. The Morgan fingerprint density at radius 3 is 2.07 bits per heavy atom. The second-order valence-corrected chi connectivity index (χ2v) is 5.11. The molecule has 3 heteroatoms. The molecule has 3 nitrogen and oxygen atoms in total. The van der Waals surface area contributed by atoms with Gasteiger partial charge in [-0.2, -0.15) is 0 Å². The van der Waals surface area contributed by atoms with Crippen molar-refractivity contribution in [1.29, 1.82) is 0 Å². The number of rotatable bonds is 5. The van der Waals surface area contributed by atoms with Crippen LogP contribution in [0.4, 0.5) is 0 Å². The lowest BCUT2D eigenvalue weighted by atomic mass is 9.82. The Labute approximate surface area is 92.9 Å². The first kappa shape index (κ1) is 14.0. The first-order chi connectivity index (χ1) is 6.70. The van der Waals surface area contributed by atoms with Crippen molar-refractivity contribution in [2.75, 3.05) is 7.11 Å². The van der Waals surface area contributed by atoms with E-state index < -0.39 is 0 Å². The molecule has 0 heterocycles. The zero-order valence-corrected chi connectivity index (χ0v) is 10.7. The Bertz CT molecular complexity index is 238. The smallest absolute Gasteiger partial charge is 0.179 e. The number of carbonyl (C=O) groups excluding carboxylic acids is 1. The molecule has 0 aromatic carbocycles. The van der Waals surface area contributed by atoms with E-state index in [2.05, 4.69) is 11.9 Å². The van der Waals surface area contributed by atoms with E-state index in [0.717, 1.165) is 0 Å². The van der Waals surface area contributed by atoms with Gasteiger partial charge in [-0.1, -0.05) is 34.6 Å². The molecule has 0 aliphatic carbocycles. The highest BCUT2D eigenvalue weighted by molar-refractivity contribution is 5.89. The van der Waals surface area contributed by atoms with Crippen LogP contribution in [0.3, 0.4) is 0 Å². The van der Waals surface area contributed by atoms with E-state index >= 15 is 0 Å². The molecular formula is C12H23NO2. The van der Waals surface area contributed by atoms with Crippen molar-refractivity contribution in [3.63, 3.8) is 0 Å². The molecule has 0 amide bonds. The SMILES string of the molecule is C=C(N[C@H](C(=O)C(C)(C)C)C(C)C)OC. The Balaban J connectivity index is 4.68. The summed E-state index contributed by atoms with van der Waals surface area (Å²) >= 11 is 0. The fourth-order valence-electron chi connectivity index (χ4n) is 1.23. The molecule has 1 N–H and O–H groups in total. The van der Waals surface area contributed by atoms with E-state index in [4.69, 9.17) is 4.74 Å². The van der Waals surface area contributed by atoms with Crippen LogP contribution in [0, 0.1) is 11.3 Å². The van der Waals surface area contributed by atoms with Crippen LogP contribution in [0.5, 0.6) is 0 Å². The van der Waals surface area contributed by atoms with Crippen molar-refractivity contribution in [2.45, 2.75) is 40.7 Å². The Morgan fingerprint density at radius 2 is 1.80 bits per heavy atom. The molecule has 1 atom stereocenters. The first-order valence-electron chi connectivity index (χ1n) is 5.24. The fraction of sp³-hybridized carbons (Fsp3) is 0.750. The lowest BCUT2D eigenvalue weighted by Crippen LogP contribution is -2.45. The number of nitrogens with one attached hydrogen (secondary N) is 1. The van der Waals surface area contributed by atoms with Gasteiger partial charge in [0.2, 0.25) is 0 Å². The van der Waals surface area contributed by atoms with Crippen molar-refractivity contribution < 1.29 is 9.53 Å². The molecule has 0 aromatic heterocycles. The van der Waals surface area contributed by atoms with Gasteiger partial charge in [0.15, 0.2) is 11.7 Å². The van der Waals surface area contributed by atoms with Gasteiger partial charge in [0.1, 0.15) is 0 Å². The minimum Gasteiger partial charge on any atom is -0.483 e. The van der Waals surface area contributed by atoms with Gasteiger partial charge in [0, 0.05) is 5.41 Å². The van der Waals surface area contributed by atoms with E-state index in [0.29, 0.717) is 5.88 Å². The molecule has 0 rings (SSSR count). The molecular weight excluding hydrogens is 190 g/mol. The lowest BCUT2D eigenvalue weighted by molar-refractivity contribution is -0.129. The third-order valence-corrected chi connectivity index (χ3v) is 2.25. The van der Waals surface area contributed by atoms with Crippen LogP contribution >= 0.6 is 0 Å². The van der Waals surface area contributed by atoms with Crippen LogP contribution in [0.25, 0.3) is 0 Å². The molecule has 0 saturated heterocycles. The van der Waals surface area contributed by atoms with Crippen LogP contribution in [-0.4, -0.2) is 18.9 Å². The summed E-state index contributed by atoms with van der Waals surface area (Å²) in [5.74, 6) is 0.825. The average molecular weight is 213 g/mol. The minimum absolute atomic E-state index is 0.177. The average Bonchev–Trinajstić information content (AvgIpc) is 2.10. The van der Waals surface area contributed by atoms with Gasteiger partial charge in [-0.3, -0.25) is 4.79 Å². The second-order valence-electron chi connectivity index (χ2n) is 5.11. The predicted molar refractivity (Wildman–Crippen MR) is 62.4 cm³/mol. The van der Waals surface area contributed by atoms with E-state index in [9.17, 15) is 4.79 Å². The molecule has 0 fully saturated rings. The standard InChI is InChI=1S/C12H23NO2/c1-8(2)10(13-9(3)15-7)11(14)12(4,5)6/h8,10,13H,3H2,1-2,4-7H3/t10-/m0/s1. The van der Waals surface area contributed by atoms with E-state index in [1.807, 2.05) is 34.6 Å². The minimum atomic E-state index is -0.351. The highest BCUT2D eigenvalue weighted by Crippen LogP contribution is 2.20. The second kappa shape index (κ2) is 5.19. The summed E-state index contributed by atoms with van der Waals surface area (Å²) in [4.78, 5) is 12.1. The van der Waals surface area contributed by atoms with E-state index in [1.54, 1.807) is 0 Å². The highest BCUT2D eigenvalue weighted by Gasteiger charge is 2.31. The quantitative estimate of drug-likeness (QED) is 0.712. The summed E-state index contributed by atoms with van der Waals surface area (Å²) in [7, 11) is 1.54. The highest BCUT2D eigenvalue weighted by atomic mass is 16.5. The molecule has 0 bridgehead atoms. The normalized spacial score (nSPS) is 13.5. The predicted octanol–water partition coefficient (Wildman–Crippen LogP) is 2.33. The summed E-state index contributed by atoms with van der Waals surface area (Å²) in [5.41, 5.74) is -0.351.